The van der Waals surface area contributed by atoms with Crippen molar-refractivity contribution in [2.45, 2.75) is 18.3 Å². The maximum atomic E-state index is 5.81. The highest BCUT2D eigenvalue weighted by molar-refractivity contribution is 5.56. The minimum Gasteiger partial charge on any atom is -0.345 e. The standard InChI is InChI=1S/C13H15N3/c14-9-13(5-6-13)11-3-1-10(2-4-11)12-15-7-8-16-12/h1-4,7-8H,5-6,9,14H2,(H,15,16). The van der Waals surface area contributed by atoms with E-state index in [0.717, 1.165) is 17.9 Å². The molecule has 1 aromatic heterocycles. The summed E-state index contributed by atoms with van der Waals surface area (Å²) in [6.07, 6.45) is 6.06. The van der Waals surface area contributed by atoms with Crippen LogP contribution in [-0.2, 0) is 5.41 Å². The second kappa shape index (κ2) is 3.46. The van der Waals surface area contributed by atoms with Crippen LogP contribution in [0.4, 0.5) is 0 Å². The van der Waals surface area contributed by atoms with Crippen LogP contribution in [0.2, 0.25) is 0 Å². The summed E-state index contributed by atoms with van der Waals surface area (Å²) >= 11 is 0. The molecule has 1 saturated carbocycles. The zero-order chi connectivity index (χ0) is 11.0. The molecule has 1 aromatic carbocycles. The highest BCUT2D eigenvalue weighted by Crippen LogP contribution is 2.47. The summed E-state index contributed by atoms with van der Waals surface area (Å²) in [5.74, 6) is 0.921. The SMILES string of the molecule is NCC1(c2ccc(-c3ncc[nH]3)cc2)CC1. The van der Waals surface area contributed by atoms with Crippen LogP contribution in [-0.4, -0.2) is 16.5 Å². The molecule has 1 aliphatic carbocycles. The summed E-state index contributed by atoms with van der Waals surface area (Å²) in [5, 5.41) is 0. The molecule has 0 amide bonds. The fourth-order valence-electron chi connectivity index (χ4n) is 2.17. The summed E-state index contributed by atoms with van der Waals surface area (Å²) in [4.78, 5) is 7.34. The number of benzene rings is 1. The van der Waals surface area contributed by atoms with Crippen molar-refractivity contribution in [2.75, 3.05) is 6.54 Å². The number of hydrogen-bond donors (Lipinski definition) is 2. The van der Waals surface area contributed by atoms with E-state index in [1.165, 1.54) is 18.4 Å². The van der Waals surface area contributed by atoms with Crippen LogP contribution < -0.4 is 5.73 Å². The maximum absolute atomic E-state index is 5.81. The Morgan fingerprint density at radius 1 is 1.25 bits per heavy atom. The number of aromatic nitrogens is 2. The van der Waals surface area contributed by atoms with Crippen molar-refractivity contribution in [1.29, 1.82) is 0 Å². The Bertz CT molecular complexity index is 466. The number of nitrogens with zero attached hydrogens (tertiary/aromatic N) is 1. The van der Waals surface area contributed by atoms with E-state index in [4.69, 9.17) is 5.73 Å². The van der Waals surface area contributed by atoms with Crippen molar-refractivity contribution in [2.24, 2.45) is 5.73 Å². The molecule has 1 heterocycles. The van der Waals surface area contributed by atoms with Gasteiger partial charge in [0.15, 0.2) is 0 Å². The summed E-state index contributed by atoms with van der Waals surface area (Å²) in [6, 6.07) is 8.59. The average Bonchev–Trinajstić information content (AvgIpc) is 2.96. The van der Waals surface area contributed by atoms with Gasteiger partial charge < -0.3 is 10.7 Å². The zero-order valence-corrected chi connectivity index (χ0v) is 9.11. The van der Waals surface area contributed by atoms with Crippen LogP contribution in [0, 0.1) is 0 Å². The number of nitrogens with two attached hydrogens (primary N) is 1. The first-order chi connectivity index (χ1) is 7.84. The molecule has 3 rings (SSSR count). The molecule has 16 heavy (non-hydrogen) atoms. The van der Waals surface area contributed by atoms with Crippen LogP contribution in [0.15, 0.2) is 36.7 Å². The van der Waals surface area contributed by atoms with E-state index in [9.17, 15) is 0 Å². The molecule has 0 saturated heterocycles. The number of imidazole rings is 1. The number of aromatic amines is 1. The predicted octanol–water partition coefficient (Wildman–Crippen LogP) is 2.07. The summed E-state index contributed by atoms with van der Waals surface area (Å²) in [7, 11) is 0. The minimum atomic E-state index is 0.279. The van der Waals surface area contributed by atoms with Crippen LogP contribution >= 0.6 is 0 Å². The molecule has 3 heteroatoms. The van der Waals surface area contributed by atoms with E-state index in [1.807, 2.05) is 6.20 Å². The summed E-state index contributed by atoms with van der Waals surface area (Å²) in [5.41, 5.74) is 8.59. The van der Waals surface area contributed by atoms with E-state index in [2.05, 4.69) is 34.2 Å². The second-order valence-corrected chi connectivity index (χ2v) is 4.50. The molecular weight excluding hydrogens is 198 g/mol. The monoisotopic (exact) mass is 213 g/mol. The third-order valence-electron chi connectivity index (χ3n) is 3.51. The third-order valence-corrected chi connectivity index (χ3v) is 3.51. The lowest BCUT2D eigenvalue weighted by molar-refractivity contribution is 0.705. The van der Waals surface area contributed by atoms with Crippen molar-refractivity contribution < 1.29 is 0 Å². The van der Waals surface area contributed by atoms with E-state index >= 15 is 0 Å². The summed E-state index contributed by atoms with van der Waals surface area (Å²) in [6.45, 7) is 0.757. The number of nitrogens with one attached hydrogen (secondary N) is 1. The normalized spacial score (nSPS) is 17.3. The van der Waals surface area contributed by atoms with Gasteiger partial charge in [0.05, 0.1) is 0 Å². The molecule has 0 radical (unpaired) electrons. The number of rotatable bonds is 3. The topological polar surface area (TPSA) is 54.7 Å². The number of hydrogen-bond acceptors (Lipinski definition) is 2. The zero-order valence-electron chi connectivity index (χ0n) is 9.11. The fraction of sp³-hybridized carbons (Fsp3) is 0.308. The lowest BCUT2D eigenvalue weighted by atomic mass is 9.95. The molecule has 0 atom stereocenters. The van der Waals surface area contributed by atoms with Gasteiger partial charge in [0.2, 0.25) is 0 Å². The van der Waals surface area contributed by atoms with Gasteiger partial charge in [-0.2, -0.15) is 0 Å². The van der Waals surface area contributed by atoms with Crippen molar-refractivity contribution in [3.63, 3.8) is 0 Å². The van der Waals surface area contributed by atoms with Crippen molar-refractivity contribution >= 4 is 0 Å². The van der Waals surface area contributed by atoms with Crippen molar-refractivity contribution in [3.05, 3.63) is 42.2 Å². The first-order valence-electron chi connectivity index (χ1n) is 5.64. The maximum Gasteiger partial charge on any atom is 0.137 e. The molecular formula is C13H15N3. The Morgan fingerprint density at radius 2 is 2.00 bits per heavy atom. The largest absolute Gasteiger partial charge is 0.345 e. The smallest absolute Gasteiger partial charge is 0.137 e. The minimum absolute atomic E-state index is 0.279. The molecule has 0 bridgehead atoms. The number of H-pyrrole nitrogens is 1. The quantitative estimate of drug-likeness (QED) is 0.820. The Kier molecular flexibility index (Phi) is 2.07. The Labute approximate surface area is 94.7 Å². The van der Waals surface area contributed by atoms with Gasteiger partial charge in [0.1, 0.15) is 5.82 Å². The van der Waals surface area contributed by atoms with Gasteiger partial charge in [-0.25, -0.2) is 4.98 Å². The second-order valence-electron chi connectivity index (χ2n) is 4.50. The molecule has 3 nitrogen and oxygen atoms in total. The average molecular weight is 213 g/mol. The highest BCUT2D eigenvalue weighted by Gasteiger charge is 2.42. The van der Waals surface area contributed by atoms with E-state index < -0.39 is 0 Å². The molecule has 0 spiro atoms. The van der Waals surface area contributed by atoms with Gasteiger partial charge in [0, 0.05) is 29.9 Å². The van der Waals surface area contributed by atoms with Gasteiger partial charge in [-0.3, -0.25) is 0 Å². The lowest BCUT2D eigenvalue weighted by Crippen LogP contribution is -2.19. The van der Waals surface area contributed by atoms with Crippen molar-refractivity contribution in [3.8, 4) is 11.4 Å². The molecule has 82 valence electrons. The van der Waals surface area contributed by atoms with Crippen LogP contribution in [0.3, 0.4) is 0 Å². The Morgan fingerprint density at radius 3 is 2.50 bits per heavy atom. The molecule has 1 fully saturated rings. The van der Waals surface area contributed by atoms with Gasteiger partial charge in [-0.15, -0.1) is 0 Å². The fourth-order valence-corrected chi connectivity index (χ4v) is 2.17. The van der Waals surface area contributed by atoms with Gasteiger partial charge in [-0.1, -0.05) is 24.3 Å². The predicted molar refractivity (Wildman–Crippen MR) is 64.0 cm³/mol. The lowest BCUT2D eigenvalue weighted by Gasteiger charge is -2.12. The first-order valence-corrected chi connectivity index (χ1v) is 5.64. The van der Waals surface area contributed by atoms with E-state index in [-0.39, 0.29) is 5.41 Å². The Balaban J connectivity index is 1.91. The summed E-state index contributed by atoms with van der Waals surface area (Å²) < 4.78 is 0. The van der Waals surface area contributed by atoms with E-state index in [1.54, 1.807) is 6.20 Å². The van der Waals surface area contributed by atoms with Gasteiger partial charge in [0.25, 0.3) is 0 Å². The molecule has 1 aliphatic rings. The van der Waals surface area contributed by atoms with Gasteiger partial charge in [-0.05, 0) is 18.4 Å². The van der Waals surface area contributed by atoms with Gasteiger partial charge >= 0.3 is 0 Å². The molecule has 3 N–H and O–H groups in total. The molecule has 2 aromatic rings. The third kappa shape index (κ3) is 1.44. The Hall–Kier alpha value is -1.61. The van der Waals surface area contributed by atoms with Crippen LogP contribution in [0.25, 0.3) is 11.4 Å². The molecule has 0 aliphatic heterocycles. The van der Waals surface area contributed by atoms with Crippen LogP contribution in [0.1, 0.15) is 18.4 Å². The van der Waals surface area contributed by atoms with Crippen LogP contribution in [0.5, 0.6) is 0 Å². The highest BCUT2D eigenvalue weighted by atomic mass is 14.9. The van der Waals surface area contributed by atoms with Crippen molar-refractivity contribution in [1.82, 2.24) is 9.97 Å². The molecule has 0 unspecified atom stereocenters. The van der Waals surface area contributed by atoms with E-state index in [0.29, 0.717) is 0 Å². The first kappa shape index (κ1) is 9.60.